The van der Waals surface area contributed by atoms with E-state index in [0.717, 1.165) is 17.2 Å². The van der Waals surface area contributed by atoms with E-state index >= 15 is 0 Å². The van der Waals surface area contributed by atoms with Crippen LogP contribution in [0.4, 0.5) is 0 Å². The molecule has 6 heteroatoms. The van der Waals surface area contributed by atoms with Gasteiger partial charge in [0.25, 0.3) is 0 Å². The fourth-order valence-electron chi connectivity index (χ4n) is 3.19. The molecule has 0 radical (unpaired) electrons. The fraction of sp³-hybridized carbons (Fsp3) is 0.421. The van der Waals surface area contributed by atoms with E-state index in [2.05, 4.69) is 5.32 Å². The molecule has 25 heavy (non-hydrogen) atoms. The molecule has 1 aliphatic heterocycles. The van der Waals surface area contributed by atoms with Crippen molar-refractivity contribution < 1.29 is 13.2 Å². The first-order valence-corrected chi connectivity index (χ1v) is 10.2. The zero-order valence-electron chi connectivity index (χ0n) is 14.6. The maximum atomic E-state index is 13.1. The third-order valence-corrected chi connectivity index (χ3v) is 6.74. The summed E-state index contributed by atoms with van der Waals surface area (Å²) in [5.41, 5.74) is 0. The summed E-state index contributed by atoms with van der Waals surface area (Å²) in [5.74, 6) is -0.198. The molecule has 1 heterocycles. The summed E-state index contributed by atoms with van der Waals surface area (Å²) >= 11 is 0. The molecule has 0 unspecified atom stereocenters. The highest BCUT2D eigenvalue weighted by Gasteiger charge is 2.39. The van der Waals surface area contributed by atoms with E-state index in [1.807, 2.05) is 44.2 Å². The van der Waals surface area contributed by atoms with Gasteiger partial charge < -0.3 is 5.32 Å². The Hall–Kier alpha value is -1.92. The molecule has 0 bridgehead atoms. The van der Waals surface area contributed by atoms with E-state index < -0.39 is 16.1 Å². The first kappa shape index (κ1) is 17.9. The van der Waals surface area contributed by atoms with Crippen molar-refractivity contribution in [1.82, 2.24) is 9.62 Å². The lowest BCUT2D eigenvalue weighted by atomic mass is 10.1. The van der Waals surface area contributed by atoms with Crippen LogP contribution < -0.4 is 5.32 Å². The Balaban J connectivity index is 1.90. The standard InChI is InChI=1S/C19H24N2O3S/c1-3-14(2)20-19(22)18-9-6-12-21(18)25(23,24)17-11-10-15-7-4-5-8-16(15)13-17/h4-5,7-8,10-11,13-14,18H,3,6,9,12H2,1-2H3,(H,20,22)/t14-,18+/m0/s1. The van der Waals surface area contributed by atoms with Crippen molar-refractivity contribution in [3.05, 3.63) is 42.5 Å². The summed E-state index contributed by atoms with van der Waals surface area (Å²) in [6.45, 7) is 4.30. The lowest BCUT2D eigenvalue weighted by molar-refractivity contribution is -0.124. The zero-order chi connectivity index (χ0) is 18.0. The lowest BCUT2D eigenvalue weighted by Gasteiger charge is -2.25. The predicted octanol–water partition coefficient (Wildman–Crippen LogP) is 2.91. The van der Waals surface area contributed by atoms with Crippen molar-refractivity contribution in [3.63, 3.8) is 0 Å². The topological polar surface area (TPSA) is 66.5 Å². The van der Waals surface area contributed by atoms with Gasteiger partial charge in [0, 0.05) is 12.6 Å². The van der Waals surface area contributed by atoms with Crippen LogP contribution in [0.15, 0.2) is 47.4 Å². The minimum Gasteiger partial charge on any atom is -0.352 e. The average Bonchev–Trinajstić information content (AvgIpc) is 3.12. The molecule has 1 fully saturated rings. The predicted molar refractivity (Wildman–Crippen MR) is 98.8 cm³/mol. The molecule has 134 valence electrons. The van der Waals surface area contributed by atoms with Crippen molar-refractivity contribution >= 4 is 26.7 Å². The van der Waals surface area contributed by atoms with E-state index in [1.54, 1.807) is 12.1 Å². The Bertz CT molecular complexity index is 879. The van der Waals surface area contributed by atoms with Crippen LogP contribution in [0.3, 0.4) is 0 Å². The SMILES string of the molecule is CC[C@H](C)NC(=O)[C@H]1CCCN1S(=O)(=O)c1ccc2ccccc2c1. The second kappa shape index (κ2) is 7.14. The van der Waals surface area contributed by atoms with Crippen molar-refractivity contribution in [2.24, 2.45) is 0 Å². The number of sulfonamides is 1. The third kappa shape index (κ3) is 3.55. The number of carbonyl (C=O) groups is 1. The van der Waals surface area contributed by atoms with Crippen LogP contribution in [-0.4, -0.2) is 37.3 Å². The number of benzene rings is 2. The Morgan fingerprint density at radius 1 is 1.24 bits per heavy atom. The molecule has 2 atom stereocenters. The van der Waals surface area contributed by atoms with Gasteiger partial charge in [0.05, 0.1) is 4.90 Å². The molecule has 0 aromatic heterocycles. The van der Waals surface area contributed by atoms with Crippen LogP contribution in [0.2, 0.25) is 0 Å². The van der Waals surface area contributed by atoms with Gasteiger partial charge in [-0.1, -0.05) is 37.3 Å². The maximum Gasteiger partial charge on any atom is 0.243 e. The number of amides is 1. The van der Waals surface area contributed by atoms with Gasteiger partial charge in [-0.2, -0.15) is 4.31 Å². The Labute approximate surface area is 149 Å². The first-order chi connectivity index (χ1) is 11.9. The lowest BCUT2D eigenvalue weighted by Crippen LogP contribution is -2.48. The number of fused-ring (bicyclic) bond motifs is 1. The van der Waals surface area contributed by atoms with E-state index in [9.17, 15) is 13.2 Å². The highest BCUT2D eigenvalue weighted by atomic mass is 32.2. The van der Waals surface area contributed by atoms with Gasteiger partial charge in [-0.05, 0) is 49.1 Å². The highest BCUT2D eigenvalue weighted by Crippen LogP contribution is 2.28. The normalized spacial score (nSPS) is 19.8. The van der Waals surface area contributed by atoms with Crippen molar-refractivity contribution in [1.29, 1.82) is 0 Å². The number of hydrogen-bond acceptors (Lipinski definition) is 3. The Morgan fingerprint density at radius 3 is 2.68 bits per heavy atom. The minimum absolute atomic E-state index is 0.0401. The highest BCUT2D eigenvalue weighted by molar-refractivity contribution is 7.89. The van der Waals surface area contributed by atoms with Gasteiger partial charge in [0.1, 0.15) is 6.04 Å². The number of rotatable bonds is 5. The maximum absolute atomic E-state index is 13.1. The third-order valence-electron chi connectivity index (χ3n) is 4.83. The van der Waals surface area contributed by atoms with E-state index in [0.29, 0.717) is 19.4 Å². The van der Waals surface area contributed by atoms with Crippen LogP contribution in [0, 0.1) is 0 Å². The Kier molecular flexibility index (Phi) is 5.11. The average molecular weight is 360 g/mol. The quantitative estimate of drug-likeness (QED) is 0.891. The molecular formula is C19H24N2O3S. The van der Waals surface area contributed by atoms with Crippen LogP contribution in [-0.2, 0) is 14.8 Å². The van der Waals surface area contributed by atoms with Gasteiger partial charge in [-0.25, -0.2) is 8.42 Å². The molecule has 1 N–H and O–H groups in total. The summed E-state index contributed by atoms with van der Waals surface area (Å²) in [5, 5.41) is 4.78. The summed E-state index contributed by atoms with van der Waals surface area (Å²) in [6.07, 6.45) is 2.08. The molecule has 1 saturated heterocycles. The molecule has 3 rings (SSSR count). The summed E-state index contributed by atoms with van der Waals surface area (Å²) in [7, 11) is -3.69. The second-order valence-electron chi connectivity index (χ2n) is 6.60. The number of nitrogens with one attached hydrogen (secondary N) is 1. The van der Waals surface area contributed by atoms with Crippen molar-refractivity contribution in [2.45, 2.75) is 50.1 Å². The molecule has 2 aromatic rings. The van der Waals surface area contributed by atoms with E-state index in [1.165, 1.54) is 4.31 Å². The Morgan fingerprint density at radius 2 is 1.96 bits per heavy atom. The monoisotopic (exact) mass is 360 g/mol. The van der Waals surface area contributed by atoms with Crippen molar-refractivity contribution in [3.8, 4) is 0 Å². The zero-order valence-corrected chi connectivity index (χ0v) is 15.4. The number of carbonyl (C=O) groups excluding carboxylic acids is 1. The smallest absolute Gasteiger partial charge is 0.243 e. The van der Waals surface area contributed by atoms with E-state index in [-0.39, 0.29) is 16.8 Å². The summed E-state index contributed by atoms with van der Waals surface area (Å²) in [6, 6.07) is 12.2. The first-order valence-electron chi connectivity index (χ1n) is 8.74. The van der Waals surface area contributed by atoms with Crippen molar-refractivity contribution in [2.75, 3.05) is 6.54 Å². The van der Waals surface area contributed by atoms with Crippen LogP contribution >= 0.6 is 0 Å². The van der Waals surface area contributed by atoms with Crippen LogP contribution in [0.25, 0.3) is 10.8 Å². The molecule has 2 aromatic carbocycles. The van der Waals surface area contributed by atoms with Gasteiger partial charge in [-0.15, -0.1) is 0 Å². The largest absolute Gasteiger partial charge is 0.352 e. The van der Waals surface area contributed by atoms with Gasteiger partial charge in [0.15, 0.2) is 0 Å². The van der Waals surface area contributed by atoms with Crippen LogP contribution in [0.5, 0.6) is 0 Å². The molecular weight excluding hydrogens is 336 g/mol. The molecule has 1 amide bonds. The second-order valence-corrected chi connectivity index (χ2v) is 8.49. The summed E-state index contributed by atoms with van der Waals surface area (Å²) < 4.78 is 27.5. The van der Waals surface area contributed by atoms with E-state index in [4.69, 9.17) is 0 Å². The minimum atomic E-state index is -3.69. The number of hydrogen-bond donors (Lipinski definition) is 1. The molecule has 0 spiro atoms. The van der Waals surface area contributed by atoms with Gasteiger partial charge in [-0.3, -0.25) is 4.79 Å². The van der Waals surface area contributed by atoms with Crippen LogP contribution in [0.1, 0.15) is 33.1 Å². The van der Waals surface area contributed by atoms with Gasteiger partial charge >= 0.3 is 0 Å². The molecule has 5 nitrogen and oxygen atoms in total. The summed E-state index contributed by atoms with van der Waals surface area (Å²) in [4.78, 5) is 12.7. The fourth-order valence-corrected chi connectivity index (χ4v) is 4.89. The molecule has 1 aliphatic rings. The van der Waals surface area contributed by atoms with Gasteiger partial charge in [0.2, 0.25) is 15.9 Å². The number of nitrogens with zero attached hydrogens (tertiary/aromatic N) is 1. The molecule has 0 aliphatic carbocycles. The molecule has 0 saturated carbocycles.